The number of carboxylic acids is 2. The SMILES string of the molecule is O=C(O)c1cc(S(=O)(=O)O)ccc1O.O=C(O)c1cc(S(=O)(=O)O)ccc1O.[Cu]. The molecule has 0 aliphatic carbocycles. The first kappa shape index (κ1) is 26.3. The fourth-order valence-corrected chi connectivity index (χ4v) is 2.71. The van der Waals surface area contributed by atoms with Gasteiger partial charge in [-0.15, -0.1) is 0 Å². The van der Waals surface area contributed by atoms with Crippen LogP contribution in [0, 0.1) is 0 Å². The van der Waals surface area contributed by atoms with Gasteiger partial charge in [0, 0.05) is 17.1 Å². The molecule has 0 bridgehead atoms. The Labute approximate surface area is 174 Å². The van der Waals surface area contributed by atoms with E-state index in [0.29, 0.717) is 12.1 Å². The summed E-state index contributed by atoms with van der Waals surface area (Å²) in [6.07, 6.45) is 0. The number of rotatable bonds is 4. The van der Waals surface area contributed by atoms with Gasteiger partial charge in [-0.05, 0) is 36.4 Å². The molecular weight excluding hydrogens is 488 g/mol. The fraction of sp³-hybridized carbons (Fsp3) is 0. The minimum absolute atomic E-state index is 0. The van der Waals surface area contributed by atoms with Gasteiger partial charge in [-0.25, -0.2) is 9.59 Å². The van der Waals surface area contributed by atoms with Crippen LogP contribution >= 0.6 is 0 Å². The van der Waals surface area contributed by atoms with E-state index in [-0.39, 0.29) is 17.1 Å². The quantitative estimate of drug-likeness (QED) is 0.252. The Morgan fingerprint density at radius 3 is 1.14 bits per heavy atom. The topological polar surface area (TPSA) is 224 Å². The zero-order valence-corrected chi connectivity index (χ0v) is 16.3. The van der Waals surface area contributed by atoms with Crippen molar-refractivity contribution in [3.8, 4) is 11.5 Å². The van der Waals surface area contributed by atoms with Gasteiger partial charge in [0.2, 0.25) is 0 Å². The number of phenols is 2. The Hall–Kier alpha value is -2.68. The maximum Gasteiger partial charge on any atom is 0.339 e. The van der Waals surface area contributed by atoms with Crippen molar-refractivity contribution in [3.63, 3.8) is 0 Å². The molecule has 12 nitrogen and oxygen atoms in total. The summed E-state index contributed by atoms with van der Waals surface area (Å²) in [6, 6.07) is 4.91. The second kappa shape index (κ2) is 9.69. The van der Waals surface area contributed by atoms with Gasteiger partial charge in [-0.1, -0.05) is 0 Å². The molecule has 163 valence electrons. The Bertz CT molecular complexity index is 1050. The monoisotopic (exact) mass is 499 g/mol. The number of hydrogen-bond acceptors (Lipinski definition) is 8. The van der Waals surface area contributed by atoms with Crippen molar-refractivity contribution < 1.29 is 73.0 Å². The minimum Gasteiger partial charge on any atom is -0.507 e. The summed E-state index contributed by atoms with van der Waals surface area (Å²) in [4.78, 5) is 19.8. The molecule has 29 heavy (non-hydrogen) atoms. The van der Waals surface area contributed by atoms with E-state index in [4.69, 9.17) is 29.5 Å². The van der Waals surface area contributed by atoms with Crippen LogP contribution in [0.25, 0.3) is 0 Å². The van der Waals surface area contributed by atoms with E-state index >= 15 is 0 Å². The molecule has 1 radical (unpaired) electrons. The zero-order chi connectivity index (χ0) is 21.9. The van der Waals surface area contributed by atoms with Crippen LogP contribution in [0.5, 0.6) is 11.5 Å². The van der Waals surface area contributed by atoms with Gasteiger partial charge < -0.3 is 20.4 Å². The van der Waals surface area contributed by atoms with Crippen molar-refractivity contribution in [1.82, 2.24) is 0 Å². The molecule has 0 aromatic heterocycles. The summed E-state index contributed by atoms with van der Waals surface area (Å²) in [6.45, 7) is 0. The normalized spacial score (nSPS) is 10.8. The van der Waals surface area contributed by atoms with Crippen LogP contribution in [-0.2, 0) is 37.3 Å². The number of aromatic carboxylic acids is 2. The Balaban J connectivity index is 0.000000523. The molecule has 0 saturated heterocycles. The summed E-state index contributed by atoms with van der Waals surface area (Å²) >= 11 is 0. The Kier molecular flexibility index (Phi) is 8.79. The predicted octanol–water partition coefficient (Wildman–Crippen LogP) is 0.672. The van der Waals surface area contributed by atoms with E-state index in [1.165, 1.54) is 0 Å². The van der Waals surface area contributed by atoms with Crippen molar-refractivity contribution >= 4 is 32.2 Å². The van der Waals surface area contributed by atoms with Gasteiger partial charge >= 0.3 is 11.9 Å². The van der Waals surface area contributed by atoms with Crippen molar-refractivity contribution in [2.24, 2.45) is 0 Å². The van der Waals surface area contributed by atoms with Gasteiger partial charge in [0.05, 0.1) is 9.79 Å². The number of benzene rings is 2. The standard InChI is InChI=1S/2C7H6O6S.Cu/c2*8-6-2-1-4(14(11,12)13)3-5(6)7(9)10;/h2*1-3,8H,(H,9,10)(H,11,12,13);. The fourth-order valence-electron chi connectivity index (χ4n) is 1.69. The Morgan fingerprint density at radius 2 is 0.931 bits per heavy atom. The maximum absolute atomic E-state index is 10.6. The molecule has 2 aromatic carbocycles. The van der Waals surface area contributed by atoms with E-state index in [1.807, 2.05) is 0 Å². The second-order valence-corrected chi connectivity index (χ2v) is 7.76. The van der Waals surface area contributed by atoms with Crippen molar-refractivity contribution in [3.05, 3.63) is 47.5 Å². The summed E-state index contributed by atoms with van der Waals surface area (Å²) < 4.78 is 59.6. The first-order chi connectivity index (χ1) is 12.6. The van der Waals surface area contributed by atoms with Crippen LogP contribution in [0.4, 0.5) is 0 Å². The average molecular weight is 500 g/mol. The van der Waals surface area contributed by atoms with Gasteiger partial charge in [0.25, 0.3) is 20.2 Å². The molecule has 2 aromatic rings. The molecule has 15 heteroatoms. The van der Waals surface area contributed by atoms with E-state index in [0.717, 1.165) is 24.3 Å². The van der Waals surface area contributed by atoms with Gasteiger partial charge in [-0.2, -0.15) is 16.8 Å². The van der Waals surface area contributed by atoms with Crippen molar-refractivity contribution in [2.45, 2.75) is 9.79 Å². The number of carbonyl (C=O) groups is 2. The molecule has 0 spiro atoms. The van der Waals surface area contributed by atoms with Gasteiger partial charge in [0.15, 0.2) is 0 Å². The van der Waals surface area contributed by atoms with E-state index in [9.17, 15) is 26.4 Å². The number of hydrogen-bond donors (Lipinski definition) is 6. The number of aromatic hydroxyl groups is 2. The summed E-state index contributed by atoms with van der Waals surface area (Å²) in [5, 5.41) is 35.1. The largest absolute Gasteiger partial charge is 0.507 e. The van der Waals surface area contributed by atoms with Crippen LogP contribution in [0.3, 0.4) is 0 Å². The molecule has 2 rings (SSSR count). The first-order valence-corrected chi connectivity index (χ1v) is 9.60. The second-order valence-electron chi connectivity index (χ2n) is 4.92. The smallest absolute Gasteiger partial charge is 0.339 e. The third-order valence-corrected chi connectivity index (χ3v) is 4.69. The van der Waals surface area contributed by atoms with Gasteiger partial charge in [0.1, 0.15) is 22.6 Å². The molecule has 0 aliphatic heterocycles. The Morgan fingerprint density at radius 1 is 0.655 bits per heavy atom. The van der Waals surface area contributed by atoms with Crippen LogP contribution < -0.4 is 0 Å². The first-order valence-electron chi connectivity index (χ1n) is 6.72. The van der Waals surface area contributed by atoms with E-state index in [1.54, 1.807) is 0 Å². The molecule has 0 fully saturated rings. The average Bonchev–Trinajstić information content (AvgIpc) is 2.53. The molecule has 0 unspecified atom stereocenters. The van der Waals surface area contributed by atoms with Crippen molar-refractivity contribution in [2.75, 3.05) is 0 Å². The summed E-state index contributed by atoms with van der Waals surface area (Å²) in [5.74, 6) is -4.09. The minimum atomic E-state index is -4.45. The summed E-state index contributed by atoms with van der Waals surface area (Å²) in [5.41, 5.74) is -1.17. The predicted molar refractivity (Wildman–Crippen MR) is 89.8 cm³/mol. The van der Waals surface area contributed by atoms with Crippen LogP contribution in [0.15, 0.2) is 46.2 Å². The molecule has 0 atom stereocenters. The molecular formula is C14H12CuO12S2. The molecule has 0 saturated carbocycles. The van der Waals surface area contributed by atoms with Crippen LogP contribution in [0.1, 0.15) is 20.7 Å². The molecule has 0 aliphatic rings. The third kappa shape index (κ3) is 7.34. The van der Waals surface area contributed by atoms with Gasteiger partial charge in [-0.3, -0.25) is 9.11 Å². The zero-order valence-electron chi connectivity index (χ0n) is 13.7. The molecule has 0 amide bonds. The molecule has 6 N–H and O–H groups in total. The van der Waals surface area contributed by atoms with E-state index < -0.39 is 64.6 Å². The van der Waals surface area contributed by atoms with Crippen molar-refractivity contribution in [1.29, 1.82) is 0 Å². The molecule has 0 heterocycles. The summed E-state index contributed by atoms with van der Waals surface area (Å²) in [7, 11) is -8.90. The van der Waals surface area contributed by atoms with E-state index in [2.05, 4.69) is 0 Å². The van der Waals surface area contributed by atoms with Crippen LogP contribution in [-0.4, -0.2) is 58.3 Å². The number of carboxylic acid groups (broad SMARTS) is 2. The van der Waals surface area contributed by atoms with Crippen LogP contribution in [0.2, 0.25) is 0 Å². The third-order valence-electron chi connectivity index (χ3n) is 2.99. The maximum atomic E-state index is 10.6.